The van der Waals surface area contributed by atoms with E-state index in [-0.39, 0.29) is 5.84 Å². The van der Waals surface area contributed by atoms with Gasteiger partial charge >= 0.3 is 7.12 Å². The highest BCUT2D eigenvalue weighted by Gasteiger charge is 2.52. The third-order valence-electron chi connectivity index (χ3n) is 3.68. The number of rotatable bonds is 2. The van der Waals surface area contributed by atoms with Crippen molar-refractivity contribution in [1.82, 2.24) is 4.98 Å². The van der Waals surface area contributed by atoms with Crippen molar-refractivity contribution in [3.05, 3.63) is 23.9 Å². The standard InChI is InChI=1S/C12H18BN3O3/c1-11(2)12(3,4)19-13(18-11)9-6-5-8(7-15-9)10(14)16-17/h5-7,17H,1-4H3,(H2,14,16). The molecule has 1 saturated heterocycles. The normalized spacial score (nSPS) is 21.7. The van der Waals surface area contributed by atoms with Gasteiger partial charge in [-0.25, -0.2) is 0 Å². The van der Waals surface area contributed by atoms with Gasteiger partial charge in [-0.3, -0.25) is 4.98 Å². The number of nitrogens with two attached hydrogens (primary N) is 1. The van der Waals surface area contributed by atoms with E-state index in [1.54, 1.807) is 12.1 Å². The molecule has 1 aromatic rings. The Morgan fingerprint density at radius 2 is 1.84 bits per heavy atom. The lowest BCUT2D eigenvalue weighted by atomic mass is 9.84. The first kappa shape index (κ1) is 13.8. The van der Waals surface area contributed by atoms with Crippen molar-refractivity contribution in [2.75, 3.05) is 0 Å². The van der Waals surface area contributed by atoms with E-state index in [4.69, 9.17) is 20.2 Å². The summed E-state index contributed by atoms with van der Waals surface area (Å²) in [4.78, 5) is 4.24. The van der Waals surface area contributed by atoms with E-state index < -0.39 is 18.3 Å². The monoisotopic (exact) mass is 263 g/mol. The highest BCUT2D eigenvalue weighted by Crippen LogP contribution is 2.36. The molecule has 0 bridgehead atoms. The molecule has 2 rings (SSSR count). The van der Waals surface area contributed by atoms with Crippen molar-refractivity contribution >= 4 is 18.5 Å². The smallest absolute Gasteiger partial charge is 0.409 e. The number of amidine groups is 1. The first-order chi connectivity index (χ1) is 8.77. The van der Waals surface area contributed by atoms with Crippen LogP contribution in [0, 0.1) is 0 Å². The molecular weight excluding hydrogens is 245 g/mol. The van der Waals surface area contributed by atoms with Gasteiger partial charge in [0.05, 0.1) is 16.8 Å². The van der Waals surface area contributed by atoms with Crippen molar-refractivity contribution in [2.24, 2.45) is 10.9 Å². The van der Waals surface area contributed by atoms with Crippen LogP contribution in [-0.2, 0) is 9.31 Å². The summed E-state index contributed by atoms with van der Waals surface area (Å²) in [7, 11) is -0.508. The highest BCUT2D eigenvalue weighted by molar-refractivity contribution is 6.61. The minimum Gasteiger partial charge on any atom is -0.409 e. The van der Waals surface area contributed by atoms with Crippen molar-refractivity contribution in [1.29, 1.82) is 0 Å². The van der Waals surface area contributed by atoms with Gasteiger partial charge in [0.25, 0.3) is 0 Å². The van der Waals surface area contributed by atoms with E-state index in [1.807, 2.05) is 27.7 Å². The summed E-state index contributed by atoms with van der Waals surface area (Å²) in [5, 5.41) is 11.5. The zero-order valence-corrected chi connectivity index (χ0v) is 11.5. The molecule has 6 nitrogen and oxygen atoms in total. The van der Waals surface area contributed by atoms with E-state index >= 15 is 0 Å². The average molecular weight is 263 g/mol. The lowest BCUT2D eigenvalue weighted by Crippen LogP contribution is -2.41. The molecule has 1 aliphatic heterocycles. The van der Waals surface area contributed by atoms with Gasteiger partial charge in [0.2, 0.25) is 0 Å². The largest absolute Gasteiger partial charge is 0.514 e. The quantitative estimate of drug-likeness (QED) is 0.266. The Bertz CT molecular complexity index is 483. The number of oxime groups is 1. The highest BCUT2D eigenvalue weighted by atomic mass is 16.7. The number of hydrogen-bond donors (Lipinski definition) is 2. The van der Waals surface area contributed by atoms with E-state index in [9.17, 15) is 0 Å². The van der Waals surface area contributed by atoms with Crippen molar-refractivity contribution in [3.63, 3.8) is 0 Å². The molecule has 2 heterocycles. The molecule has 1 fully saturated rings. The Hall–Kier alpha value is -1.60. The molecule has 1 aromatic heterocycles. The summed E-state index contributed by atoms with van der Waals surface area (Å²) in [5.74, 6) is 0.0213. The van der Waals surface area contributed by atoms with Crippen LogP contribution in [0.25, 0.3) is 0 Å². The molecule has 1 aliphatic rings. The predicted octanol–water partition coefficient (Wildman–Crippen LogP) is 0.475. The molecule has 102 valence electrons. The number of aromatic nitrogens is 1. The van der Waals surface area contributed by atoms with Gasteiger partial charge in [-0.05, 0) is 39.8 Å². The maximum absolute atomic E-state index is 8.59. The van der Waals surface area contributed by atoms with Crippen LogP contribution in [0.3, 0.4) is 0 Å². The fraction of sp³-hybridized carbons (Fsp3) is 0.500. The maximum atomic E-state index is 8.59. The summed E-state index contributed by atoms with van der Waals surface area (Å²) in [6.45, 7) is 7.94. The Labute approximate surface area is 112 Å². The molecule has 0 saturated carbocycles. The molecule has 7 heteroatoms. The first-order valence-electron chi connectivity index (χ1n) is 6.06. The summed E-state index contributed by atoms with van der Waals surface area (Å²) in [5.41, 5.74) is 5.89. The summed E-state index contributed by atoms with van der Waals surface area (Å²) in [6, 6.07) is 3.46. The average Bonchev–Trinajstić information content (AvgIpc) is 2.58. The van der Waals surface area contributed by atoms with Crippen LogP contribution in [0.2, 0.25) is 0 Å². The van der Waals surface area contributed by atoms with E-state index in [2.05, 4.69) is 10.1 Å². The number of hydrogen-bond acceptors (Lipinski definition) is 5. The van der Waals surface area contributed by atoms with Crippen LogP contribution in [-0.4, -0.2) is 34.3 Å². The van der Waals surface area contributed by atoms with Gasteiger partial charge in [-0.15, -0.1) is 0 Å². The lowest BCUT2D eigenvalue weighted by Gasteiger charge is -2.32. The molecule has 19 heavy (non-hydrogen) atoms. The fourth-order valence-corrected chi connectivity index (χ4v) is 1.72. The zero-order valence-electron chi connectivity index (χ0n) is 11.5. The summed E-state index contributed by atoms with van der Waals surface area (Å²) in [6.07, 6.45) is 1.52. The molecule has 0 amide bonds. The van der Waals surface area contributed by atoms with Gasteiger partial charge < -0.3 is 20.2 Å². The second-order valence-electron chi connectivity index (χ2n) is 5.55. The van der Waals surface area contributed by atoms with Crippen LogP contribution in [0.4, 0.5) is 0 Å². The Kier molecular flexibility index (Phi) is 3.28. The van der Waals surface area contributed by atoms with E-state index in [1.165, 1.54) is 6.20 Å². The summed E-state index contributed by atoms with van der Waals surface area (Å²) >= 11 is 0. The maximum Gasteiger partial charge on any atom is 0.514 e. The summed E-state index contributed by atoms with van der Waals surface area (Å²) < 4.78 is 11.8. The van der Waals surface area contributed by atoms with Gasteiger partial charge in [0.1, 0.15) is 0 Å². The molecule has 3 N–H and O–H groups in total. The third kappa shape index (κ3) is 2.43. The fourth-order valence-electron chi connectivity index (χ4n) is 1.72. The third-order valence-corrected chi connectivity index (χ3v) is 3.68. The van der Waals surface area contributed by atoms with Crippen molar-refractivity contribution in [3.8, 4) is 0 Å². The molecule has 0 unspecified atom stereocenters. The molecule has 0 radical (unpaired) electrons. The molecule has 0 aliphatic carbocycles. The number of pyridine rings is 1. The van der Waals surface area contributed by atoms with Crippen LogP contribution >= 0.6 is 0 Å². The van der Waals surface area contributed by atoms with E-state index in [0.717, 1.165) is 0 Å². The molecule has 0 aromatic carbocycles. The van der Waals surface area contributed by atoms with Crippen molar-refractivity contribution in [2.45, 2.75) is 38.9 Å². The topological polar surface area (TPSA) is 90.0 Å². The van der Waals surface area contributed by atoms with Crippen LogP contribution in [0.5, 0.6) is 0 Å². The first-order valence-corrected chi connectivity index (χ1v) is 6.06. The minimum absolute atomic E-state index is 0.0213. The zero-order chi connectivity index (χ0) is 14.3. The second-order valence-corrected chi connectivity index (χ2v) is 5.55. The van der Waals surface area contributed by atoms with Gasteiger partial charge in [-0.1, -0.05) is 5.16 Å². The molecular formula is C12H18BN3O3. The Morgan fingerprint density at radius 3 is 2.26 bits per heavy atom. The number of nitrogens with zero attached hydrogens (tertiary/aromatic N) is 2. The van der Waals surface area contributed by atoms with Crippen molar-refractivity contribution < 1.29 is 14.5 Å². The van der Waals surface area contributed by atoms with Gasteiger partial charge in [-0.2, -0.15) is 0 Å². The SMILES string of the molecule is CC1(C)OB(c2ccc(/C(N)=N/O)cn2)OC1(C)C. The van der Waals surface area contributed by atoms with Gasteiger partial charge in [0.15, 0.2) is 5.84 Å². The Morgan fingerprint density at radius 1 is 1.26 bits per heavy atom. The van der Waals surface area contributed by atoms with E-state index in [0.29, 0.717) is 11.2 Å². The molecule has 0 spiro atoms. The Balaban J connectivity index is 2.21. The van der Waals surface area contributed by atoms with Crippen LogP contribution in [0.1, 0.15) is 33.3 Å². The lowest BCUT2D eigenvalue weighted by molar-refractivity contribution is 0.00578. The second kappa shape index (κ2) is 4.50. The predicted molar refractivity (Wildman–Crippen MR) is 72.5 cm³/mol. The molecule has 0 atom stereocenters. The minimum atomic E-state index is -0.508. The van der Waals surface area contributed by atoms with Gasteiger partial charge in [0, 0.05) is 11.8 Å². The van der Waals surface area contributed by atoms with Crippen LogP contribution < -0.4 is 11.3 Å². The van der Waals surface area contributed by atoms with Crippen LogP contribution in [0.15, 0.2) is 23.5 Å².